The van der Waals surface area contributed by atoms with Crippen molar-refractivity contribution in [1.82, 2.24) is 0 Å². The first kappa shape index (κ1) is 16.8. The van der Waals surface area contributed by atoms with Crippen LogP contribution in [0.5, 0.6) is 0 Å². The summed E-state index contributed by atoms with van der Waals surface area (Å²) in [6.07, 6.45) is 0. The third-order valence-electron chi connectivity index (χ3n) is 4.72. The van der Waals surface area contributed by atoms with Crippen molar-refractivity contribution in [3.63, 3.8) is 0 Å². The van der Waals surface area contributed by atoms with Crippen LogP contribution in [0.25, 0.3) is 22.3 Å². The van der Waals surface area contributed by atoms with E-state index in [9.17, 15) is 0 Å². The van der Waals surface area contributed by atoms with E-state index < -0.39 is 0 Å². The highest BCUT2D eigenvalue weighted by atomic mass is 35.5. The highest BCUT2D eigenvalue weighted by Crippen LogP contribution is 2.35. The molecule has 0 bridgehead atoms. The normalized spacial score (nSPS) is 10.9. The van der Waals surface area contributed by atoms with Gasteiger partial charge >= 0.3 is 0 Å². The van der Waals surface area contributed by atoms with Crippen molar-refractivity contribution in [2.75, 3.05) is 0 Å². The van der Waals surface area contributed by atoms with Crippen LogP contribution < -0.4 is 0 Å². The number of halogens is 1. The Bertz CT molecular complexity index is 842. The molecule has 3 aromatic rings. The van der Waals surface area contributed by atoms with Gasteiger partial charge in [0.05, 0.1) is 0 Å². The second kappa shape index (κ2) is 6.45. The lowest BCUT2D eigenvalue weighted by molar-refractivity contribution is 1.34. The van der Waals surface area contributed by atoms with Gasteiger partial charge in [-0.15, -0.1) is 0 Å². The summed E-state index contributed by atoms with van der Waals surface area (Å²) in [6.45, 7) is 10.8. The third-order valence-corrected chi connectivity index (χ3v) is 4.96. The Balaban J connectivity index is 2.15. The third kappa shape index (κ3) is 3.12. The molecule has 0 amide bonds. The molecule has 0 radical (unpaired) electrons. The van der Waals surface area contributed by atoms with Crippen LogP contribution in [0.3, 0.4) is 0 Å². The second-order valence-electron chi connectivity index (χ2n) is 6.76. The van der Waals surface area contributed by atoms with Gasteiger partial charge in [-0.2, -0.15) is 0 Å². The fraction of sp³-hybridized carbons (Fsp3) is 0.217. The predicted molar refractivity (Wildman–Crippen MR) is 106 cm³/mol. The number of benzene rings is 3. The Labute approximate surface area is 150 Å². The summed E-state index contributed by atoms with van der Waals surface area (Å²) in [5.41, 5.74) is 11.6. The lowest BCUT2D eigenvalue weighted by Gasteiger charge is -2.16. The van der Waals surface area contributed by atoms with E-state index >= 15 is 0 Å². The molecule has 24 heavy (non-hydrogen) atoms. The van der Waals surface area contributed by atoms with Crippen LogP contribution in [0.4, 0.5) is 0 Å². The maximum absolute atomic E-state index is 6.11. The standard InChI is InChI=1S/C23H23Cl/c1-14-6-8-20(15(2)10-14)22-12-18(5)23(13-17(22)4)21-9-7-19(24)11-16(21)3/h6-13H,1-5H3. The summed E-state index contributed by atoms with van der Waals surface area (Å²) in [5, 5.41) is 0.789. The molecule has 0 fully saturated rings. The minimum Gasteiger partial charge on any atom is -0.0843 e. The molecule has 0 aromatic heterocycles. The monoisotopic (exact) mass is 334 g/mol. The van der Waals surface area contributed by atoms with Crippen molar-refractivity contribution >= 4 is 11.6 Å². The van der Waals surface area contributed by atoms with Crippen LogP contribution in [-0.4, -0.2) is 0 Å². The zero-order valence-electron chi connectivity index (χ0n) is 15.0. The molecule has 0 aliphatic carbocycles. The van der Waals surface area contributed by atoms with Crippen molar-refractivity contribution in [3.8, 4) is 22.3 Å². The van der Waals surface area contributed by atoms with Gasteiger partial charge in [-0.3, -0.25) is 0 Å². The van der Waals surface area contributed by atoms with E-state index in [0.717, 1.165) is 5.02 Å². The first-order chi connectivity index (χ1) is 11.4. The minimum absolute atomic E-state index is 0.789. The van der Waals surface area contributed by atoms with E-state index in [1.165, 1.54) is 50.1 Å². The summed E-state index contributed by atoms with van der Waals surface area (Å²) < 4.78 is 0. The van der Waals surface area contributed by atoms with Crippen LogP contribution in [-0.2, 0) is 0 Å². The Kier molecular flexibility index (Phi) is 4.51. The van der Waals surface area contributed by atoms with Crippen molar-refractivity contribution in [1.29, 1.82) is 0 Å². The van der Waals surface area contributed by atoms with Gasteiger partial charge in [-0.25, -0.2) is 0 Å². The molecule has 0 saturated carbocycles. The molecular formula is C23H23Cl. The van der Waals surface area contributed by atoms with Gasteiger partial charge in [-0.1, -0.05) is 53.6 Å². The van der Waals surface area contributed by atoms with Gasteiger partial charge in [0.2, 0.25) is 0 Å². The van der Waals surface area contributed by atoms with Gasteiger partial charge in [0.1, 0.15) is 0 Å². The maximum Gasteiger partial charge on any atom is 0.0409 e. The Morgan fingerprint density at radius 3 is 1.46 bits per heavy atom. The first-order valence-corrected chi connectivity index (χ1v) is 8.70. The average Bonchev–Trinajstić information content (AvgIpc) is 2.50. The summed E-state index contributed by atoms with van der Waals surface area (Å²) in [7, 11) is 0. The maximum atomic E-state index is 6.11. The lowest BCUT2D eigenvalue weighted by Crippen LogP contribution is -1.93. The molecule has 0 heterocycles. The van der Waals surface area contributed by atoms with E-state index in [1.54, 1.807) is 0 Å². The van der Waals surface area contributed by atoms with Gasteiger partial charge < -0.3 is 0 Å². The molecule has 3 rings (SSSR count). The molecule has 0 aliphatic rings. The number of rotatable bonds is 2. The van der Waals surface area contributed by atoms with Gasteiger partial charge in [0, 0.05) is 5.02 Å². The summed E-state index contributed by atoms with van der Waals surface area (Å²) in [4.78, 5) is 0. The fourth-order valence-corrected chi connectivity index (χ4v) is 3.67. The van der Waals surface area contributed by atoms with Gasteiger partial charge in [-0.05, 0) is 91.3 Å². The van der Waals surface area contributed by atoms with Crippen LogP contribution >= 0.6 is 11.6 Å². The van der Waals surface area contributed by atoms with Crippen molar-refractivity contribution in [2.45, 2.75) is 34.6 Å². The van der Waals surface area contributed by atoms with Gasteiger partial charge in [0.25, 0.3) is 0 Å². The summed E-state index contributed by atoms with van der Waals surface area (Å²) in [5.74, 6) is 0. The largest absolute Gasteiger partial charge is 0.0843 e. The molecule has 0 unspecified atom stereocenters. The Hall–Kier alpha value is -2.05. The lowest BCUT2D eigenvalue weighted by atomic mass is 9.89. The fourth-order valence-electron chi connectivity index (χ4n) is 3.44. The molecule has 1 heteroatoms. The minimum atomic E-state index is 0.789. The van der Waals surface area contributed by atoms with E-state index in [4.69, 9.17) is 11.6 Å². The zero-order valence-corrected chi connectivity index (χ0v) is 15.8. The summed E-state index contributed by atoms with van der Waals surface area (Å²) in [6, 6.07) is 17.4. The number of hydrogen-bond acceptors (Lipinski definition) is 0. The Morgan fingerprint density at radius 2 is 0.958 bits per heavy atom. The van der Waals surface area contributed by atoms with Gasteiger partial charge in [0.15, 0.2) is 0 Å². The topological polar surface area (TPSA) is 0 Å². The molecule has 3 aromatic carbocycles. The molecule has 0 nitrogen and oxygen atoms in total. The average molecular weight is 335 g/mol. The van der Waals surface area contributed by atoms with E-state index in [2.05, 4.69) is 71.0 Å². The van der Waals surface area contributed by atoms with Crippen LogP contribution in [0.2, 0.25) is 5.02 Å². The molecule has 0 atom stereocenters. The summed E-state index contributed by atoms with van der Waals surface area (Å²) >= 11 is 6.11. The number of hydrogen-bond donors (Lipinski definition) is 0. The molecule has 122 valence electrons. The highest BCUT2D eigenvalue weighted by molar-refractivity contribution is 6.30. The Morgan fingerprint density at radius 1 is 0.500 bits per heavy atom. The SMILES string of the molecule is Cc1ccc(-c2cc(C)c(-c3ccc(Cl)cc3C)cc2C)c(C)c1. The molecule has 0 spiro atoms. The van der Waals surface area contributed by atoms with E-state index in [0.29, 0.717) is 0 Å². The predicted octanol–water partition coefficient (Wildman–Crippen LogP) is 7.22. The molecular weight excluding hydrogens is 312 g/mol. The van der Waals surface area contributed by atoms with E-state index in [-0.39, 0.29) is 0 Å². The van der Waals surface area contributed by atoms with Crippen molar-refractivity contribution < 1.29 is 0 Å². The smallest absolute Gasteiger partial charge is 0.0409 e. The van der Waals surface area contributed by atoms with Crippen LogP contribution in [0, 0.1) is 34.6 Å². The molecule has 0 aliphatic heterocycles. The second-order valence-corrected chi connectivity index (χ2v) is 7.20. The van der Waals surface area contributed by atoms with Crippen LogP contribution in [0.1, 0.15) is 27.8 Å². The van der Waals surface area contributed by atoms with Crippen LogP contribution in [0.15, 0.2) is 48.5 Å². The van der Waals surface area contributed by atoms with E-state index in [1.807, 2.05) is 12.1 Å². The van der Waals surface area contributed by atoms with Crippen molar-refractivity contribution in [2.24, 2.45) is 0 Å². The zero-order chi connectivity index (χ0) is 17.4. The molecule has 0 N–H and O–H groups in total. The number of aryl methyl sites for hydroxylation is 5. The first-order valence-electron chi connectivity index (χ1n) is 8.32. The quantitative estimate of drug-likeness (QED) is 0.464. The molecule has 0 saturated heterocycles. The van der Waals surface area contributed by atoms with Crippen molar-refractivity contribution in [3.05, 3.63) is 81.4 Å². The highest BCUT2D eigenvalue weighted by Gasteiger charge is 2.11.